The number of carbonyl (C=O) groups excluding carboxylic acids is 1. The fourth-order valence-electron chi connectivity index (χ4n) is 4.70. The fraction of sp³-hybridized carbons (Fsp3) is 0.321. The topological polar surface area (TPSA) is 134 Å². The molecule has 0 saturated heterocycles. The number of rotatable bonds is 11. The molecule has 1 aliphatic carbocycles. The van der Waals surface area contributed by atoms with E-state index < -0.39 is 17.8 Å². The van der Waals surface area contributed by atoms with Gasteiger partial charge in [-0.15, -0.1) is 6.54 Å². The Morgan fingerprint density at radius 1 is 1.18 bits per heavy atom. The number of carboxylic acid groups (broad SMARTS) is 2. The quantitative estimate of drug-likeness (QED) is 0.333. The first kappa shape index (κ1) is 31.6. The van der Waals surface area contributed by atoms with E-state index in [0.717, 1.165) is 11.1 Å². The number of hydrogen-bond donors (Lipinski definition) is 2. The summed E-state index contributed by atoms with van der Waals surface area (Å²) >= 11 is 0. The number of amides is 1. The Hall–Kier alpha value is -3.58. The van der Waals surface area contributed by atoms with E-state index in [0.29, 0.717) is 35.2 Å². The smallest absolute Gasteiger partial charge is 0.644 e. The Morgan fingerprint density at radius 3 is 2.49 bits per heavy atom. The van der Waals surface area contributed by atoms with Gasteiger partial charge in [0.15, 0.2) is 0 Å². The molecule has 1 unspecified atom stereocenters. The SMILES string of the molecule is C=N/C(=C\C(=NC)C(=O)[N-]Cc1ccc(F)c(C)c1)CN(CC(=O)O)C1CCc2c1ccc(C(=O)O)c2C.[Li+]. The molecule has 2 aromatic carbocycles. The van der Waals surface area contributed by atoms with Crippen molar-refractivity contribution in [3.05, 3.63) is 86.6 Å². The van der Waals surface area contributed by atoms with Crippen LogP contribution in [0.4, 0.5) is 4.39 Å². The van der Waals surface area contributed by atoms with Crippen molar-refractivity contribution in [2.75, 3.05) is 20.1 Å². The zero-order valence-electron chi connectivity index (χ0n) is 22.6. The van der Waals surface area contributed by atoms with Crippen molar-refractivity contribution in [3.8, 4) is 0 Å². The molecule has 0 bridgehead atoms. The molecule has 2 aromatic rings. The summed E-state index contributed by atoms with van der Waals surface area (Å²) in [5.74, 6) is -2.98. The van der Waals surface area contributed by atoms with Gasteiger partial charge < -0.3 is 20.3 Å². The van der Waals surface area contributed by atoms with E-state index in [1.165, 1.54) is 19.2 Å². The molecule has 39 heavy (non-hydrogen) atoms. The number of fused-ring (bicyclic) bond motifs is 1. The minimum absolute atomic E-state index is 0. The summed E-state index contributed by atoms with van der Waals surface area (Å²) < 4.78 is 13.5. The molecule has 0 saturated carbocycles. The van der Waals surface area contributed by atoms with Gasteiger partial charge in [0.1, 0.15) is 11.7 Å². The molecule has 11 heteroatoms. The van der Waals surface area contributed by atoms with Gasteiger partial charge in [-0.05, 0) is 73.9 Å². The maximum absolute atomic E-state index is 13.5. The van der Waals surface area contributed by atoms with Crippen molar-refractivity contribution >= 4 is 30.3 Å². The standard InChI is InChI=1S/C28H31FN4O5.Li/c1-16-11-18(5-9-23(16)29)13-32-27(36)24(31-4)12-19(30-3)14-33(15-26(34)35)25-10-8-20-17(2)21(28(37)38)6-7-22(20)25;/h5-7,9,11-12,25H,3,8,10,13-15H2,1-2,4H3,(H3,32,34,35,36,37,38);/q;+1/p-1/b19-12-,31-24?;. The zero-order valence-corrected chi connectivity index (χ0v) is 22.6. The maximum Gasteiger partial charge on any atom is 1.00 e. The molecule has 1 atom stereocenters. The van der Waals surface area contributed by atoms with Crippen LogP contribution in [0.25, 0.3) is 5.32 Å². The molecule has 0 aromatic heterocycles. The zero-order chi connectivity index (χ0) is 28.0. The summed E-state index contributed by atoms with van der Waals surface area (Å²) in [6, 6.07) is 7.49. The second-order valence-corrected chi connectivity index (χ2v) is 9.07. The second kappa shape index (κ2) is 14.0. The molecule has 0 heterocycles. The third-order valence-electron chi connectivity index (χ3n) is 6.63. The van der Waals surface area contributed by atoms with E-state index in [4.69, 9.17) is 0 Å². The van der Waals surface area contributed by atoms with Gasteiger partial charge in [0, 0.05) is 19.6 Å². The van der Waals surface area contributed by atoms with Crippen LogP contribution >= 0.6 is 0 Å². The Kier molecular flexibility index (Phi) is 11.3. The molecule has 0 spiro atoms. The fourth-order valence-corrected chi connectivity index (χ4v) is 4.70. The first-order valence-corrected chi connectivity index (χ1v) is 12.0. The molecule has 2 N–H and O–H groups in total. The van der Waals surface area contributed by atoms with Crippen molar-refractivity contribution in [1.29, 1.82) is 0 Å². The third-order valence-corrected chi connectivity index (χ3v) is 6.63. The molecular weight excluding hydrogens is 498 g/mol. The molecule has 1 amide bonds. The summed E-state index contributed by atoms with van der Waals surface area (Å²) in [5, 5.41) is 23.1. The maximum atomic E-state index is 13.5. The monoisotopic (exact) mass is 528 g/mol. The van der Waals surface area contributed by atoms with Gasteiger partial charge in [-0.1, -0.05) is 23.8 Å². The van der Waals surface area contributed by atoms with E-state index in [1.807, 2.05) is 0 Å². The first-order valence-electron chi connectivity index (χ1n) is 12.0. The van der Waals surface area contributed by atoms with Gasteiger partial charge >= 0.3 is 30.8 Å². The van der Waals surface area contributed by atoms with Crippen LogP contribution in [0.3, 0.4) is 0 Å². The third kappa shape index (κ3) is 7.73. The molecule has 200 valence electrons. The van der Waals surface area contributed by atoms with Crippen molar-refractivity contribution < 1.29 is 47.8 Å². The predicted molar refractivity (Wildman–Crippen MR) is 143 cm³/mol. The second-order valence-electron chi connectivity index (χ2n) is 9.07. The Labute approximate surface area is 238 Å². The minimum atomic E-state index is -1.04. The Bertz CT molecular complexity index is 1340. The molecular formula is C28H30FLiN4O5. The Morgan fingerprint density at radius 2 is 1.90 bits per heavy atom. The molecule has 3 rings (SSSR count). The van der Waals surface area contributed by atoms with Crippen molar-refractivity contribution in [1.82, 2.24) is 4.90 Å². The van der Waals surface area contributed by atoms with Crippen molar-refractivity contribution in [2.24, 2.45) is 9.98 Å². The molecule has 0 radical (unpaired) electrons. The Balaban J connectivity index is 0.00000533. The van der Waals surface area contributed by atoms with Crippen LogP contribution in [0.2, 0.25) is 0 Å². The molecule has 1 aliphatic rings. The predicted octanol–water partition coefficient (Wildman–Crippen LogP) is 1.27. The number of carboxylic acids is 2. The van der Waals surface area contributed by atoms with E-state index in [1.54, 1.807) is 43.0 Å². The van der Waals surface area contributed by atoms with Crippen molar-refractivity contribution in [2.45, 2.75) is 39.3 Å². The van der Waals surface area contributed by atoms with Crippen molar-refractivity contribution in [3.63, 3.8) is 0 Å². The summed E-state index contributed by atoms with van der Waals surface area (Å²) in [4.78, 5) is 45.7. The minimum Gasteiger partial charge on any atom is -0.644 e. The van der Waals surface area contributed by atoms with Gasteiger partial charge in [0.05, 0.1) is 23.5 Å². The molecule has 0 aliphatic heterocycles. The van der Waals surface area contributed by atoms with Crippen LogP contribution in [-0.2, 0) is 22.6 Å². The average Bonchev–Trinajstić information content (AvgIpc) is 3.31. The number of halogens is 1. The van der Waals surface area contributed by atoms with E-state index in [2.05, 4.69) is 22.0 Å². The van der Waals surface area contributed by atoms with Gasteiger partial charge in [0.2, 0.25) is 0 Å². The number of aliphatic carboxylic acids is 1. The van der Waals surface area contributed by atoms with Gasteiger partial charge in [-0.2, -0.15) is 0 Å². The largest absolute Gasteiger partial charge is 1.00 e. The van der Waals surface area contributed by atoms with Crippen LogP contribution in [0.1, 0.15) is 50.6 Å². The van der Waals surface area contributed by atoms with Crippen LogP contribution in [0.15, 0.2) is 52.1 Å². The summed E-state index contributed by atoms with van der Waals surface area (Å²) in [6.45, 7) is 6.79. The number of aliphatic imine (C=N–C) groups is 2. The summed E-state index contributed by atoms with van der Waals surface area (Å²) in [6.07, 6.45) is 2.65. The number of aryl methyl sites for hydroxylation is 1. The number of nitrogens with zero attached hydrogens (tertiary/aromatic N) is 4. The van der Waals surface area contributed by atoms with Gasteiger partial charge in [-0.3, -0.25) is 19.7 Å². The van der Waals surface area contributed by atoms with Crippen LogP contribution in [0.5, 0.6) is 0 Å². The number of benzene rings is 2. The average molecular weight is 529 g/mol. The van der Waals surface area contributed by atoms with E-state index in [-0.39, 0.29) is 61.6 Å². The normalized spacial score (nSPS) is 14.9. The number of carbonyl (C=O) groups is 3. The van der Waals surface area contributed by atoms with Crippen LogP contribution in [0, 0.1) is 19.7 Å². The summed E-state index contributed by atoms with van der Waals surface area (Å²) in [7, 11) is 1.44. The summed E-state index contributed by atoms with van der Waals surface area (Å²) in [5.41, 5.74) is 4.17. The van der Waals surface area contributed by atoms with E-state index >= 15 is 0 Å². The van der Waals surface area contributed by atoms with Gasteiger partial charge in [-0.25, -0.2) is 9.18 Å². The van der Waals surface area contributed by atoms with Crippen LogP contribution < -0.4 is 18.9 Å². The molecule has 9 nitrogen and oxygen atoms in total. The first-order chi connectivity index (χ1) is 18.0. The number of hydrogen-bond acceptors (Lipinski definition) is 6. The van der Waals surface area contributed by atoms with Gasteiger partial charge in [0.25, 0.3) is 0 Å². The van der Waals surface area contributed by atoms with E-state index in [9.17, 15) is 29.0 Å². The number of aromatic carboxylic acids is 1. The van der Waals surface area contributed by atoms with Crippen LogP contribution in [-0.4, -0.2) is 65.5 Å². The molecule has 0 fully saturated rings.